The number of carboxylic acids is 1. The summed E-state index contributed by atoms with van der Waals surface area (Å²) in [5.41, 5.74) is 1.35. The molecule has 0 bridgehead atoms. The van der Waals surface area contributed by atoms with Gasteiger partial charge in [0.2, 0.25) is 5.95 Å². The van der Waals surface area contributed by atoms with Crippen LogP contribution in [0.15, 0.2) is 54.9 Å². The van der Waals surface area contributed by atoms with Crippen LogP contribution < -0.4 is 5.32 Å². The van der Waals surface area contributed by atoms with Gasteiger partial charge in [0.15, 0.2) is 0 Å². The van der Waals surface area contributed by atoms with Gasteiger partial charge in [0, 0.05) is 18.1 Å². The van der Waals surface area contributed by atoms with Gasteiger partial charge in [-0.05, 0) is 78.8 Å². The Morgan fingerprint density at radius 2 is 1.95 bits per heavy atom. The van der Waals surface area contributed by atoms with Crippen molar-refractivity contribution in [3.8, 4) is 10.4 Å². The lowest BCUT2D eigenvalue weighted by Crippen LogP contribution is -2.32. The van der Waals surface area contributed by atoms with Crippen LogP contribution in [0.5, 0.6) is 0 Å². The minimum absolute atomic E-state index is 0.173. The van der Waals surface area contributed by atoms with Crippen molar-refractivity contribution < 1.29 is 28.2 Å². The molecule has 0 saturated carbocycles. The van der Waals surface area contributed by atoms with Crippen LogP contribution >= 0.6 is 11.3 Å². The number of aromatic nitrogens is 3. The summed E-state index contributed by atoms with van der Waals surface area (Å²) in [5.74, 6) is -1.20. The number of hydrogen-bond acceptors (Lipinski definition) is 7. The number of rotatable bonds is 5. The van der Waals surface area contributed by atoms with Crippen molar-refractivity contribution in [2.75, 3.05) is 5.32 Å². The maximum atomic E-state index is 13.0. The Hall–Kier alpha value is -3.83. The maximum Gasteiger partial charge on any atom is 0.433 e. The highest BCUT2D eigenvalue weighted by Gasteiger charge is 2.39. The lowest BCUT2D eigenvalue weighted by atomic mass is 9.79. The highest BCUT2D eigenvalue weighted by Crippen LogP contribution is 2.44. The molecular formula is C26H21F3N4O3S. The molecule has 190 valence electrons. The monoisotopic (exact) mass is 526 g/mol. The van der Waals surface area contributed by atoms with E-state index in [9.17, 15) is 28.2 Å². The zero-order valence-electron chi connectivity index (χ0n) is 19.5. The van der Waals surface area contributed by atoms with Crippen molar-refractivity contribution in [2.24, 2.45) is 0 Å². The van der Waals surface area contributed by atoms with Gasteiger partial charge in [0.1, 0.15) is 16.3 Å². The smallest absolute Gasteiger partial charge is 0.433 e. The van der Waals surface area contributed by atoms with Crippen LogP contribution in [0.3, 0.4) is 0 Å². The van der Waals surface area contributed by atoms with E-state index in [0.29, 0.717) is 35.5 Å². The molecule has 11 heteroatoms. The summed E-state index contributed by atoms with van der Waals surface area (Å²) in [5, 5.41) is 24.3. The standard InChI is InChI=1S/C26H21F3N4O3S/c1-14-9-17(12-18(10-14)32-24-30-8-6-21(33-24)26(27,28)29)20-13-31-23(37-20)25(36)7-2-3-15-11-16(22(34)35)4-5-19(15)25/h4-6,8-13,36H,2-3,7H2,1H3,(H,34,35)(H,30,32,33)/t25-/m0/s1. The summed E-state index contributed by atoms with van der Waals surface area (Å²) in [6.07, 6.45) is -0.0849. The Labute approximate surface area is 213 Å². The molecule has 2 heterocycles. The van der Waals surface area contributed by atoms with Crippen molar-refractivity contribution in [2.45, 2.75) is 38.0 Å². The number of alkyl halides is 3. The second-order valence-electron chi connectivity index (χ2n) is 8.90. The number of anilines is 2. The third kappa shape index (κ3) is 4.92. The van der Waals surface area contributed by atoms with E-state index >= 15 is 0 Å². The SMILES string of the molecule is Cc1cc(Nc2nccc(C(F)(F)F)n2)cc(-c2cnc([C@]3(O)CCCc4cc(C(=O)O)ccc43)s2)c1. The molecule has 4 aromatic rings. The van der Waals surface area contributed by atoms with Crippen LogP contribution in [-0.4, -0.2) is 31.1 Å². The molecule has 2 aromatic carbocycles. The van der Waals surface area contributed by atoms with Crippen molar-refractivity contribution in [1.29, 1.82) is 0 Å². The van der Waals surface area contributed by atoms with Crippen molar-refractivity contribution in [3.63, 3.8) is 0 Å². The largest absolute Gasteiger partial charge is 0.478 e. The Balaban J connectivity index is 1.46. The maximum absolute atomic E-state index is 13.0. The van der Waals surface area contributed by atoms with Crippen molar-refractivity contribution >= 4 is 28.9 Å². The van der Waals surface area contributed by atoms with Gasteiger partial charge in [0.25, 0.3) is 0 Å². The Bertz CT molecular complexity index is 1500. The quantitative estimate of drug-likeness (QED) is 0.295. The van der Waals surface area contributed by atoms with E-state index in [1.807, 2.05) is 13.0 Å². The van der Waals surface area contributed by atoms with Crippen LogP contribution in [0.25, 0.3) is 10.4 Å². The van der Waals surface area contributed by atoms with E-state index in [1.54, 1.807) is 30.5 Å². The number of benzene rings is 2. The van der Waals surface area contributed by atoms with Crippen molar-refractivity contribution in [1.82, 2.24) is 15.0 Å². The van der Waals surface area contributed by atoms with Crippen LogP contribution in [-0.2, 0) is 18.2 Å². The average molecular weight is 527 g/mol. The zero-order valence-corrected chi connectivity index (χ0v) is 20.3. The van der Waals surface area contributed by atoms with E-state index in [2.05, 4.69) is 20.3 Å². The van der Waals surface area contributed by atoms with E-state index in [4.69, 9.17) is 0 Å². The van der Waals surface area contributed by atoms with Gasteiger partial charge >= 0.3 is 12.1 Å². The molecule has 0 saturated heterocycles. The minimum Gasteiger partial charge on any atom is -0.478 e. The normalized spacial score (nSPS) is 17.3. The summed E-state index contributed by atoms with van der Waals surface area (Å²) in [7, 11) is 0. The predicted octanol–water partition coefficient (Wildman–Crippen LogP) is 5.94. The van der Waals surface area contributed by atoms with Crippen molar-refractivity contribution in [3.05, 3.63) is 87.8 Å². The summed E-state index contributed by atoms with van der Waals surface area (Å²) in [6.45, 7) is 1.86. The third-order valence-electron chi connectivity index (χ3n) is 6.21. The molecule has 0 amide bonds. The number of halogens is 3. The van der Waals surface area contributed by atoms with E-state index in [0.717, 1.165) is 33.8 Å². The number of nitrogens with one attached hydrogen (secondary N) is 1. The number of fused-ring (bicyclic) bond motifs is 1. The summed E-state index contributed by atoms with van der Waals surface area (Å²) in [6, 6.07) is 11.0. The number of aromatic carboxylic acids is 1. The van der Waals surface area contributed by atoms with Crippen LogP contribution in [0.1, 0.15) is 50.6 Å². The molecule has 1 atom stereocenters. The minimum atomic E-state index is -4.58. The Morgan fingerprint density at radius 1 is 1.14 bits per heavy atom. The van der Waals surface area contributed by atoms with Crippen LogP contribution in [0.4, 0.5) is 24.8 Å². The molecule has 2 aromatic heterocycles. The fourth-order valence-corrected chi connectivity index (χ4v) is 5.57. The molecule has 0 aliphatic heterocycles. The predicted molar refractivity (Wildman–Crippen MR) is 132 cm³/mol. The molecule has 0 unspecified atom stereocenters. The second-order valence-corrected chi connectivity index (χ2v) is 9.93. The molecule has 0 radical (unpaired) electrons. The molecule has 5 rings (SSSR count). The highest BCUT2D eigenvalue weighted by atomic mass is 32.1. The number of hydrogen-bond donors (Lipinski definition) is 3. The Kier molecular flexibility index (Phi) is 6.20. The first kappa shape index (κ1) is 24.8. The fraction of sp³-hybridized carbons (Fsp3) is 0.231. The number of nitrogens with zero attached hydrogens (tertiary/aromatic N) is 3. The summed E-state index contributed by atoms with van der Waals surface area (Å²) in [4.78, 5) is 24.1. The first-order chi connectivity index (χ1) is 17.5. The van der Waals surface area contributed by atoms with Gasteiger partial charge in [-0.2, -0.15) is 13.2 Å². The molecule has 1 aliphatic carbocycles. The molecular weight excluding hydrogens is 505 g/mol. The van der Waals surface area contributed by atoms with E-state index in [1.165, 1.54) is 17.4 Å². The molecule has 1 aliphatic rings. The fourth-order valence-electron chi connectivity index (χ4n) is 4.53. The van der Waals surface area contributed by atoms with Gasteiger partial charge in [-0.3, -0.25) is 0 Å². The van der Waals surface area contributed by atoms with Gasteiger partial charge in [-0.1, -0.05) is 12.1 Å². The lowest BCUT2D eigenvalue weighted by molar-refractivity contribution is -0.141. The highest BCUT2D eigenvalue weighted by molar-refractivity contribution is 7.15. The number of thiazole rings is 1. The number of carbonyl (C=O) groups is 1. The third-order valence-corrected chi connectivity index (χ3v) is 7.40. The van der Waals surface area contributed by atoms with Gasteiger partial charge in [-0.25, -0.2) is 19.7 Å². The zero-order chi connectivity index (χ0) is 26.4. The summed E-state index contributed by atoms with van der Waals surface area (Å²) < 4.78 is 39.1. The van der Waals surface area contributed by atoms with E-state index < -0.39 is 23.4 Å². The number of carboxylic acid groups (broad SMARTS) is 1. The van der Waals surface area contributed by atoms with E-state index in [-0.39, 0.29) is 11.5 Å². The van der Waals surface area contributed by atoms with Crippen LogP contribution in [0.2, 0.25) is 0 Å². The number of aliphatic hydroxyl groups is 1. The summed E-state index contributed by atoms with van der Waals surface area (Å²) >= 11 is 1.31. The molecule has 3 N–H and O–H groups in total. The molecule has 37 heavy (non-hydrogen) atoms. The molecule has 7 nitrogen and oxygen atoms in total. The van der Waals surface area contributed by atoms with Gasteiger partial charge in [-0.15, -0.1) is 11.3 Å². The Morgan fingerprint density at radius 3 is 2.70 bits per heavy atom. The first-order valence-corrected chi connectivity index (χ1v) is 12.2. The topological polar surface area (TPSA) is 108 Å². The van der Waals surface area contributed by atoms with Gasteiger partial charge < -0.3 is 15.5 Å². The average Bonchev–Trinajstić information content (AvgIpc) is 3.35. The lowest BCUT2D eigenvalue weighted by Gasteiger charge is -2.33. The second kappa shape index (κ2) is 9.24. The van der Waals surface area contributed by atoms with Gasteiger partial charge in [0.05, 0.1) is 10.4 Å². The van der Waals surface area contributed by atoms with Crippen LogP contribution in [0, 0.1) is 6.92 Å². The first-order valence-electron chi connectivity index (χ1n) is 11.4. The molecule has 0 fully saturated rings. The number of aryl methyl sites for hydroxylation is 2. The molecule has 0 spiro atoms.